The predicted octanol–water partition coefficient (Wildman–Crippen LogP) is 3.26. The van der Waals surface area contributed by atoms with Gasteiger partial charge in [-0.05, 0) is 36.8 Å². The SMILES string of the molecule is CCOc1ccccc1OCC(=O)N(C)Cc1cccc(F)c1. The Morgan fingerprint density at radius 3 is 2.43 bits per heavy atom. The first-order valence-corrected chi connectivity index (χ1v) is 7.43. The van der Waals surface area contributed by atoms with Crippen LogP contribution in [0.3, 0.4) is 0 Å². The molecule has 0 heterocycles. The molecule has 122 valence electrons. The molecule has 0 unspecified atom stereocenters. The molecule has 0 aliphatic carbocycles. The number of hydrogen-bond acceptors (Lipinski definition) is 3. The molecule has 23 heavy (non-hydrogen) atoms. The number of benzene rings is 2. The quantitative estimate of drug-likeness (QED) is 0.787. The fourth-order valence-electron chi connectivity index (χ4n) is 2.09. The summed E-state index contributed by atoms with van der Waals surface area (Å²) in [6.07, 6.45) is 0. The standard InChI is InChI=1S/C18H20FNO3/c1-3-22-16-9-4-5-10-17(16)23-13-18(21)20(2)12-14-7-6-8-15(19)11-14/h4-11H,3,12-13H2,1-2H3. The highest BCUT2D eigenvalue weighted by atomic mass is 19.1. The summed E-state index contributed by atoms with van der Waals surface area (Å²) in [5.41, 5.74) is 0.732. The van der Waals surface area contributed by atoms with E-state index in [1.54, 1.807) is 31.3 Å². The molecule has 0 spiro atoms. The minimum Gasteiger partial charge on any atom is -0.490 e. The van der Waals surface area contributed by atoms with E-state index in [1.807, 2.05) is 19.1 Å². The summed E-state index contributed by atoms with van der Waals surface area (Å²) < 4.78 is 24.2. The first-order valence-electron chi connectivity index (χ1n) is 7.43. The van der Waals surface area contributed by atoms with E-state index < -0.39 is 0 Å². The van der Waals surface area contributed by atoms with Crippen LogP contribution in [0.25, 0.3) is 0 Å². The lowest BCUT2D eigenvalue weighted by Gasteiger charge is -2.18. The minimum absolute atomic E-state index is 0.101. The lowest BCUT2D eigenvalue weighted by molar-refractivity contribution is -0.132. The molecule has 5 heteroatoms. The van der Waals surface area contributed by atoms with Gasteiger partial charge in [-0.2, -0.15) is 0 Å². The molecule has 0 aliphatic rings. The molecule has 4 nitrogen and oxygen atoms in total. The maximum atomic E-state index is 13.2. The van der Waals surface area contributed by atoms with Crippen molar-refractivity contribution in [3.8, 4) is 11.5 Å². The molecule has 1 amide bonds. The molecule has 2 aromatic rings. The van der Waals surface area contributed by atoms with Crippen molar-refractivity contribution >= 4 is 5.91 Å². The number of carbonyl (C=O) groups is 1. The topological polar surface area (TPSA) is 38.8 Å². The number of carbonyl (C=O) groups excluding carboxylic acids is 1. The number of nitrogens with zero attached hydrogens (tertiary/aromatic N) is 1. The van der Waals surface area contributed by atoms with E-state index in [1.165, 1.54) is 17.0 Å². The molecule has 0 atom stereocenters. The van der Waals surface area contributed by atoms with Crippen molar-refractivity contribution in [3.05, 3.63) is 59.9 Å². The van der Waals surface area contributed by atoms with Gasteiger partial charge in [0.1, 0.15) is 5.82 Å². The van der Waals surface area contributed by atoms with Gasteiger partial charge in [0.15, 0.2) is 18.1 Å². The molecule has 0 radical (unpaired) electrons. The van der Waals surface area contributed by atoms with Crippen LogP contribution in [0.2, 0.25) is 0 Å². The van der Waals surface area contributed by atoms with Crippen LogP contribution in [0, 0.1) is 5.82 Å². The largest absolute Gasteiger partial charge is 0.490 e. The van der Waals surface area contributed by atoms with E-state index >= 15 is 0 Å². The Balaban J connectivity index is 1.91. The summed E-state index contributed by atoms with van der Waals surface area (Å²) >= 11 is 0. The number of amides is 1. The molecule has 0 bridgehead atoms. The van der Waals surface area contributed by atoms with Gasteiger partial charge in [-0.3, -0.25) is 4.79 Å². The van der Waals surface area contributed by atoms with Crippen LogP contribution in [0.5, 0.6) is 11.5 Å². The zero-order valence-electron chi connectivity index (χ0n) is 13.3. The lowest BCUT2D eigenvalue weighted by Crippen LogP contribution is -2.31. The van der Waals surface area contributed by atoms with Crippen LogP contribution >= 0.6 is 0 Å². The molecule has 2 aromatic carbocycles. The minimum atomic E-state index is -0.315. The van der Waals surface area contributed by atoms with Crippen molar-refractivity contribution in [2.24, 2.45) is 0 Å². The van der Waals surface area contributed by atoms with E-state index in [0.717, 1.165) is 5.56 Å². The van der Waals surface area contributed by atoms with Crippen molar-refractivity contribution in [1.29, 1.82) is 0 Å². The van der Waals surface area contributed by atoms with Crippen LogP contribution in [0.4, 0.5) is 4.39 Å². The van der Waals surface area contributed by atoms with Gasteiger partial charge >= 0.3 is 0 Å². The summed E-state index contributed by atoms with van der Waals surface area (Å²) in [7, 11) is 1.66. The maximum absolute atomic E-state index is 13.2. The van der Waals surface area contributed by atoms with Crippen LogP contribution < -0.4 is 9.47 Å². The number of rotatable bonds is 7. The molecular weight excluding hydrogens is 297 g/mol. The maximum Gasteiger partial charge on any atom is 0.260 e. The van der Waals surface area contributed by atoms with E-state index in [-0.39, 0.29) is 18.3 Å². The fraction of sp³-hybridized carbons (Fsp3) is 0.278. The molecule has 0 saturated heterocycles. The second-order valence-corrected chi connectivity index (χ2v) is 5.05. The Morgan fingerprint density at radius 2 is 1.78 bits per heavy atom. The summed E-state index contributed by atoms with van der Waals surface area (Å²) in [4.78, 5) is 13.6. The van der Waals surface area contributed by atoms with Gasteiger partial charge in [0.05, 0.1) is 6.61 Å². The van der Waals surface area contributed by atoms with Gasteiger partial charge in [-0.15, -0.1) is 0 Å². The Morgan fingerprint density at radius 1 is 1.09 bits per heavy atom. The van der Waals surface area contributed by atoms with Gasteiger partial charge in [0.2, 0.25) is 0 Å². The summed E-state index contributed by atoms with van der Waals surface area (Å²) in [6.45, 7) is 2.63. The van der Waals surface area contributed by atoms with Crippen LogP contribution in [-0.4, -0.2) is 31.1 Å². The Hall–Kier alpha value is -2.56. The summed E-state index contributed by atoms with van der Waals surface area (Å²) in [6, 6.07) is 13.4. The van der Waals surface area contributed by atoms with Crippen molar-refractivity contribution in [2.45, 2.75) is 13.5 Å². The predicted molar refractivity (Wildman–Crippen MR) is 86.0 cm³/mol. The summed E-state index contributed by atoms with van der Waals surface area (Å²) in [5, 5.41) is 0. The van der Waals surface area contributed by atoms with E-state index in [2.05, 4.69) is 0 Å². The monoisotopic (exact) mass is 317 g/mol. The number of para-hydroxylation sites is 2. The zero-order chi connectivity index (χ0) is 16.7. The highest BCUT2D eigenvalue weighted by Crippen LogP contribution is 2.26. The van der Waals surface area contributed by atoms with Gasteiger partial charge in [-0.1, -0.05) is 24.3 Å². The van der Waals surface area contributed by atoms with Crippen molar-refractivity contribution in [2.75, 3.05) is 20.3 Å². The molecular formula is C18H20FNO3. The highest BCUT2D eigenvalue weighted by molar-refractivity contribution is 5.77. The van der Waals surface area contributed by atoms with Gasteiger partial charge in [0, 0.05) is 13.6 Å². The van der Waals surface area contributed by atoms with E-state index in [9.17, 15) is 9.18 Å². The number of hydrogen-bond donors (Lipinski definition) is 0. The Bertz CT molecular complexity index is 660. The zero-order valence-corrected chi connectivity index (χ0v) is 13.3. The van der Waals surface area contributed by atoms with Gasteiger partial charge < -0.3 is 14.4 Å². The third kappa shape index (κ3) is 4.98. The Labute approximate surface area is 135 Å². The van der Waals surface area contributed by atoms with Crippen LogP contribution in [0.15, 0.2) is 48.5 Å². The van der Waals surface area contributed by atoms with Gasteiger partial charge in [-0.25, -0.2) is 4.39 Å². The number of halogens is 1. The van der Waals surface area contributed by atoms with Crippen molar-refractivity contribution in [1.82, 2.24) is 4.90 Å². The highest BCUT2D eigenvalue weighted by Gasteiger charge is 2.12. The molecule has 2 rings (SSSR count). The van der Waals surface area contributed by atoms with Crippen molar-refractivity contribution < 1.29 is 18.7 Å². The number of likely N-dealkylation sites (N-methyl/N-ethyl adjacent to an activating group) is 1. The average molecular weight is 317 g/mol. The normalized spacial score (nSPS) is 10.2. The third-order valence-electron chi connectivity index (χ3n) is 3.23. The van der Waals surface area contributed by atoms with Crippen molar-refractivity contribution in [3.63, 3.8) is 0 Å². The molecule has 0 aromatic heterocycles. The molecule has 0 fully saturated rings. The second kappa shape index (κ2) is 8.17. The molecule has 0 saturated carbocycles. The first-order chi connectivity index (χ1) is 11.1. The van der Waals surface area contributed by atoms with Crippen LogP contribution in [0.1, 0.15) is 12.5 Å². The smallest absolute Gasteiger partial charge is 0.260 e. The molecule has 0 N–H and O–H groups in total. The Kier molecular flexibility index (Phi) is 5.97. The van der Waals surface area contributed by atoms with E-state index in [0.29, 0.717) is 24.7 Å². The summed E-state index contributed by atoms with van der Waals surface area (Å²) in [5.74, 6) is 0.628. The third-order valence-corrected chi connectivity index (χ3v) is 3.23. The number of ether oxygens (including phenoxy) is 2. The fourth-order valence-corrected chi connectivity index (χ4v) is 2.09. The van der Waals surface area contributed by atoms with Crippen LogP contribution in [-0.2, 0) is 11.3 Å². The second-order valence-electron chi connectivity index (χ2n) is 5.05. The molecule has 0 aliphatic heterocycles. The first kappa shape index (κ1) is 16.8. The van der Waals surface area contributed by atoms with E-state index in [4.69, 9.17) is 9.47 Å². The lowest BCUT2D eigenvalue weighted by atomic mass is 10.2. The van der Waals surface area contributed by atoms with Gasteiger partial charge in [0.25, 0.3) is 5.91 Å². The average Bonchev–Trinajstić information content (AvgIpc) is 2.54.